The highest BCUT2D eigenvalue weighted by atomic mass is 79.9. The first-order valence-electron chi connectivity index (χ1n) is 6.69. The summed E-state index contributed by atoms with van der Waals surface area (Å²) in [5.74, 6) is -0.921. The molecule has 2 aliphatic heterocycles. The fraction of sp³-hybridized carbons (Fsp3) is 0.429. The summed E-state index contributed by atoms with van der Waals surface area (Å²) in [4.78, 5) is 19.3. The van der Waals surface area contributed by atoms with E-state index in [1.54, 1.807) is 4.90 Å². The summed E-state index contributed by atoms with van der Waals surface area (Å²) in [5, 5.41) is 20.7. The van der Waals surface area contributed by atoms with Crippen molar-refractivity contribution in [2.75, 3.05) is 20.4 Å². The van der Waals surface area contributed by atoms with E-state index in [1.807, 2.05) is 42.3 Å². The number of hydrogen-bond acceptors (Lipinski definition) is 6. The Balaban J connectivity index is 0.00000176. The van der Waals surface area contributed by atoms with E-state index < -0.39 is 16.9 Å². The number of nitrogens with zero attached hydrogens (tertiary/aromatic N) is 3. The van der Waals surface area contributed by atoms with Gasteiger partial charge in [-0.3, -0.25) is 9.69 Å². The Kier molecular flexibility index (Phi) is 5.16. The lowest BCUT2D eigenvalue weighted by Crippen LogP contribution is -2.54. The molecule has 0 aliphatic carbocycles. The van der Waals surface area contributed by atoms with E-state index in [0.29, 0.717) is 24.1 Å². The van der Waals surface area contributed by atoms with E-state index in [9.17, 15) is 9.90 Å². The normalized spacial score (nSPS) is 27.8. The summed E-state index contributed by atoms with van der Waals surface area (Å²) >= 11 is 1.35. The van der Waals surface area contributed by atoms with Crippen LogP contribution < -0.4 is 0 Å². The number of halogens is 1. The number of carboxylic acids is 1. The molecule has 22 heavy (non-hydrogen) atoms. The summed E-state index contributed by atoms with van der Waals surface area (Å²) in [5.41, 5.74) is -0.651. The summed E-state index contributed by atoms with van der Waals surface area (Å²) in [6.07, 6.45) is -0.116. The van der Waals surface area contributed by atoms with E-state index in [-0.39, 0.29) is 23.4 Å². The van der Waals surface area contributed by atoms with E-state index in [1.165, 1.54) is 11.8 Å². The fourth-order valence-corrected chi connectivity index (χ4v) is 4.08. The summed E-state index contributed by atoms with van der Waals surface area (Å²) in [6, 6.07) is 9.22. The Morgan fingerprint density at radius 3 is 2.77 bits per heavy atom. The Hall–Kier alpha value is -1.09. The summed E-state index contributed by atoms with van der Waals surface area (Å²) in [6.45, 7) is 1.08. The zero-order valence-corrected chi connectivity index (χ0v) is 14.6. The lowest BCUT2D eigenvalue weighted by atomic mass is 9.95. The maximum absolute atomic E-state index is 11.3. The minimum absolute atomic E-state index is 0. The largest absolute Gasteiger partial charge is 0.481 e. The van der Waals surface area contributed by atoms with Gasteiger partial charge in [0, 0.05) is 5.56 Å². The van der Waals surface area contributed by atoms with Crippen molar-refractivity contribution in [3.05, 3.63) is 35.9 Å². The van der Waals surface area contributed by atoms with Crippen LogP contribution in [0.25, 0.3) is 0 Å². The fourth-order valence-electron chi connectivity index (χ4n) is 2.72. The van der Waals surface area contributed by atoms with Crippen LogP contribution in [0.15, 0.2) is 35.3 Å². The number of aliphatic carboxylic acids is 1. The minimum atomic E-state index is -1.35. The maximum Gasteiger partial charge on any atom is 0.304 e. The van der Waals surface area contributed by atoms with E-state index >= 15 is 0 Å². The number of aliphatic hydroxyl groups is 1. The number of thioether (sulfide) groups is 1. The molecule has 3 rings (SSSR count). The molecule has 0 bridgehead atoms. The van der Waals surface area contributed by atoms with Crippen molar-refractivity contribution in [1.82, 2.24) is 9.80 Å². The number of benzene rings is 1. The predicted molar refractivity (Wildman–Crippen MR) is 91.1 cm³/mol. The van der Waals surface area contributed by atoms with Gasteiger partial charge in [0.2, 0.25) is 0 Å². The van der Waals surface area contributed by atoms with Crippen LogP contribution in [-0.4, -0.2) is 56.8 Å². The average Bonchev–Trinajstić information content (AvgIpc) is 2.73. The topological polar surface area (TPSA) is 76.4 Å². The SMILES string of the molecule is Br.CN1CN=C2SC(CC(=O)O)C(O)(c3ccccc3)N2C1. The number of hydrogen-bond donors (Lipinski definition) is 2. The number of carboxylic acid groups (broad SMARTS) is 1. The molecule has 2 aliphatic rings. The molecule has 1 aromatic rings. The molecule has 0 amide bonds. The molecule has 1 aromatic carbocycles. The molecule has 0 saturated carbocycles. The van der Waals surface area contributed by atoms with Crippen molar-refractivity contribution in [3.8, 4) is 0 Å². The van der Waals surface area contributed by atoms with E-state index in [2.05, 4.69) is 4.99 Å². The van der Waals surface area contributed by atoms with Gasteiger partial charge in [0.05, 0.1) is 25.0 Å². The van der Waals surface area contributed by atoms with Gasteiger partial charge < -0.3 is 15.1 Å². The van der Waals surface area contributed by atoms with Crippen molar-refractivity contribution in [2.45, 2.75) is 17.4 Å². The lowest BCUT2D eigenvalue weighted by Gasteiger charge is -2.41. The van der Waals surface area contributed by atoms with Crippen LogP contribution in [0.1, 0.15) is 12.0 Å². The molecule has 0 aromatic heterocycles. The minimum Gasteiger partial charge on any atom is -0.481 e. The van der Waals surface area contributed by atoms with Crippen LogP contribution in [0.3, 0.4) is 0 Å². The average molecular weight is 388 g/mol. The van der Waals surface area contributed by atoms with Crippen LogP contribution in [0.2, 0.25) is 0 Å². The standard InChI is InChI=1S/C14H17N3O3S.BrH/c1-16-8-15-13-17(9-16)14(20,10-5-3-2-4-6-10)11(21-13)7-12(18)19;/h2-6,11,20H,7-9H2,1H3,(H,18,19);1H. The van der Waals surface area contributed by atoms with Crippen LogP contribution in [0.4, 0.5) is 0 Å². The first-order valence-corrected chi connectivity index (χ1v) is 7.56. The van der Waals surface area contributed by atoms with E-state index in [0.717, 1.165) is 0 Å². The molecule has 1 fully saturated rings. The molecule has 1 saturated heterocycles. The molecule has 0 radical (unpaired) electrons. The van der Waals surface area contributed by atoms with Gasteiger partial charge in [0.15, 0.2) is 10.9 Å². The Morgan fingerprint density at radius 2 is 2.14 bits per heavy atom. The Bertz CT molecular complexity index is 586. The molecule has 6 nitrogen and oxygen atoms in total. The highest BCUT2D eigenvalue weighted by Gasteiger charge is 2.54. The molecule has 2 atom stereocenters. The number of fused-ring (bicyclic) bond motifs is 1. The van der Waals surface area contributed by atoms with Gasteiger partial charge in [-0.15, -0.1) is 17.0 Å². The quantitative estimate of drug-likeness (QED) is 0.818. The Labute approximate surface area is 143 Å². The second-order valence-corrected chi connectivity index (χ2v) is 6.47. The second-order valence-electron chi connectivity index (χ2n) is 5.30. The monoisotopic (exact) mass is 387 g/mol. The van der Waals surface area contributed by atoms with Crippen LogP contribution >= 0.6 is 28.7 Å². The van der Waals surface area contributed by atoms with Gasteiger partial charge in [-0.05, 0) is 7.05 Å². The number of amidine groups is 1. The number of carbonyl (C=O) groups is 1. The maximum atomic E-state index is 11.3. The number of rotatable bonds is 3. The predicted octanol–water partition coefficient (Wildman–Crippen LogP) is 1.52. The summed E-state index contributed by atoms with van der Waals surface area (Å²) < 4.78 is 0. The first-order chi connectivity index (χ1) is 10.0. The molecule has 2 unspecified atom stereocenters. The molecule has 8 heteroatoms. The van der Waals surface area contributed by atoms with Crippen LogP contribution in [0, 0.1) is 0 Å². The van der Waals surface area contributed by atoms with E-state index in [4.69, 9.17) is 5.11 Å². The molecule has 0 spiro atoms. The van der Waals surface area contributed by atoms with Gasteiger partial charge in [0.1, 0.15) is 0 Å². The third-order valence-electron chi connectivity index (χ3n) is 3.73. The third kappa shape index (κ3) is 2.88. The van der Waals surface area contributed by atoms with Gasteiger partial charge in [-0.2, -0.15) is 0 Å². The van der Waals surface area contributed by atoms with Crippen molar-refractivity contribution in [2.24, 2.45) is 4.99 Å². The van der Waals surface area contributed by atoms with Crippen molar-refractivity contribution in [1.29, 1.82) is 0 Å². The summed E-state index contributed by atoms with van der Waals surface area (Å²) in [7, 11) is 1.92. The zero-order chi connectivity index (χ0) is 15.0. The molecular weight excluding hydrogens is 370 g/mol. The second kappa shape index (κ2) is 6.57. The smallest absolute Gasteiger partial charge is 0.304 e. The van der Waals surface area contributed by atoms with Gasteiger partial charge in [-0.25, -0.2) is 4.99 Å². The first kappa shape index (κ1) is 17.3. The Morgan fingerprint density at radius 1 is 1.45 bits per heavy atom. The zero-order valence-electron chi connectivity index (χ0n) is 12.0. The van der Waals surface area contributed by atoms with Gasteiger partial charge in [0.25, 0.3) is 0 Å². The molecule has 2 N–H and O–H groups in total. The lowest BCUT2D eigenvalue weighted by molar-refractivity contribution is -0.141. The molecule has 120 valence electrons. The van der Waals surface area contributed by atoms with Crippen molar-refractivity contribution in [3.63, 3.8) is 0 Å². The van der Waals surface area contributed by atoms with Gasteiger partial charge in [-0.1, -0.05) is 42.1 Å². The van der Waals surface area contributed by atoms with Crippen molar-refractivity contribution >= 4 is 39.9 Å². The van der Waals surface area contributed by atoms with Crippen LogP contribution in [0.5, 0.6) is 0 Å². The highest BCUT2D eigenvalue weighted by molar-refractivity contribution is 8.93. The third-order valence-corrected chi connectivity index (χ3v) is 5.07. The van der Waals surface area contributed by atoms with Gasteiger partial charge >= 0.3 is 5.97 Å². The molecular formula is C14H18BrN3O3S. The number of aliphatic imine (C=N–C) groups is 1. The van der Waals surface area contributed by atoms with Crippen LogP contribution in [-0.2, 0) is 10.5 Å². The molecule has 2 heterocycles. The van der Waals surface area contributed by atoms with Crippen molar-refractivity contribution < 1.29 is 15.0 Å². The highest BCUT2D eigenvalue weighted by Crippen LogP contribution is 2.47.